The van der Waals surface area contributed by atoms with E-state index in [1.54, 1.807) is 0 Å². The summed E-state index contributed by atoms with van der Waals surface area (Å²) in [6.07, 6.45) is -4.34. The Labute approximate surface area is 111 Å². The van der Waals surface area contributed by atoms with Gasteiger partial charge >= 0.3 is 6.18 Å². The van der Waals surface area contributed by atoms with Crippen LogP contribution in [-0.4, -0.2) is 30.2 Å². The third kappa shape index (κ3) is 4.90. The number of amidine groups is 1. The fourth-order valence-electron chi connectivity index (χ4n) is 1.26. The van der Waals surface area contributed by atoms with Gasteiger partial charge in [0.15, 0.2) is 6.61 Å². The highest BCUT2D eigenvalue weighted by molar-refractivity contribution is 8.14. The molecular formula is C11H10F3N3OS. The first-order valence-electron chi connectivity index (χ1n) is 5.41. The highest BCUT2D eigenvalue weighted by Crippen LogP contribution is 2.22. The summed E-state index contributed by atoms with van der Waals surface area (Å²) in [5.74, 6) is 1.04. The Morgan fingerprint density at radius 2 is 1.95 bits per heavy atom. The molecule has 1 aromatic rings. The molecule has 1 aromatic carbocycles. The smallest absolute Gasteiger partial charge is 0.422 e. The molecule has 19 heavy (non-hydrogen) atoms. The molecule has 0 N–H and O–H groups in total. The van der Waals surface area contributed by atoms with Gasteiger partial charge in [-0.25, -0.2) is 0 Å². The van der Waals surface area contributed by atoms with Crippen LogP contribution in [0.5, 0.6) is 5.75 Å². The molecule has 0 aromatic heterocycles. The van der Waals surface area contributed by atoms with Crippen molar-refractivity contribution in [2.75, 3.05) is 18.9 Å². The zero-order chi connectivity index (χ0) is 13.7. The normalized spacial score (nSPS) is 15.8. The molecule has 8 heteroatoms. The van der Waals surface area contributed by atoms with E-state index in [0.29, 0.717) is 10.9 Å². The molecule has 0 unspecified atom stereocenters. The summed E-state index contributed by atoms with van der Waals surface area (Å²) in [5, 5.41) is 8.48. The number of hydrogen-bond acceptors (Lipinski definition) is 5. The van der Waals surface area contributed by atoms with Crippen LogP contribution < -0.4 is 4.74 Å². The van der Waals surface area contributed by atoms with E-state index in [4.69, 9.17) is 0 Å². The second kappa shape index (κ2) is 6.05. The fourth-order valence-corrected chi connectivity index (χ4v) is 1.91. The first-order valence-corrected chi connectivity index (χ1v) is 6.40. The van der Waals surface area contributed by atoms with E-state index < -0.39 is 12.8 Å². The number of benzene rings is 1. The standard InChI is InChI=1S/C11H10F3N3OS/c12-11(13,14)7-18-9-3-1-8(2-4-9)16-17-10-15-5-6-19-10/h1-4H,5-7H2. The summed E-state index contributed by atoms with van der Waals surface area (Å²) >= 11 is 1.52. The summed E-state index contributed by atoms with van der Waals surface area (Å²) in [6, 6.07) is 5.91. The first kappa shape index (κ1) is 13.9. The predicted octanol–water partition coefficient (Wildman–Crippen LogP) is 3.81. The van der Waals surface area contributed by atoms with E-state index in [9.17, 15) is 13.2 Å². The summed E-state index contributed by atoms with van der Waals surface area (Å²) < 4.78 is 40.4. The Morgan fingerprint density at radius 3 is 2.53 bits per heavy atom. The van der Waals surface area contributed by atoms with E-state index in [1.807, 2.05) is 0 Å². The summed E-state index contributed by atoms with van der Waals surface area (Å²) in [7, 11) is 0. The van der Waals surface area contributed by atoms with Gasteiger partial charge in [0.05, 0.1) is 12.2 Å². The van der Waals surface area contributed by atoms with Crippen molar-refractivity contribution < 1.29 is 17.9 Å². The van der Waals surface area contributed by atoms with Crippen LogP contribution >= 0.6 is 11.8 Å². The van der Waals surface area contributed by atoms with Gasteiger partial charge in [0.2, 0.25) is 5.17 Å². The van der Waals surface area contributed by atoms with Crippen molar-refractivity contribution >= 4 is 22.6 Å². The van der Waals surface area contributed by atoms with Crippen molar-refractivity contribution in [3.8, 4) is 5.75 Å². The van der Waals surface area contributed by atoms with Crippen LogP contribution in [0.15, 0.2) is 39.5 Å². The molecule has 0 aliphatic carbocycles. The Morgan fingerprint density at radius 1 is 1.21 bits per heavy atom. The van der Waals surface area contributed by atoms with E-state index in [1.165, 1.54) is 36.0 Å². The maximum atomic E-state index is 11.9. The Kier molecular flexibility index (Phi) is 4.41. The number of ether oxygens (including phenoxy) is 1. The molecule has 0 saturated heterocycles. The van der Waals surface area contributed by atoms with Gasteiger partial charge in [-0.1, -0.05) is 11.8 Å². The average Bonchev–Trinajstić information content (AvgIpc) is 2.87. The highest BCUT2D eigenvalue weighted by Gasteiger charge is 2.28. The maximum Gasteiger partial charge on any atom is 0.422 e. The number of alkyl halides is 3. The molecule has 1 aliphatic heterocycles. The molecule has 0 radical (unpaired) electrons. The van der Waals surface area contributed by atoms with E-state index in [-0.39, 0.29) is 5.75 Å². The molecule has 0 atom stereocenters. The van der Waals surface area contributed by atoms with Gasteiger partial charge in [0.25, 0.3) is 0 Å². The van der Waals surface area contributed by atoms with Crippen LogP contribution in [0.2, 0.25) is 0 Å². The van der Waals surface area contributed by atoms with Crippen molar-refractivity contribution in [2.24, 2.45) is 15.2 Å². The lowest BCUT2D eigenvalue weighted by atomic mass is 10.3. The van der Waals surface area contributed by atoms with Crippen molar-refractivity contribution in [3.05, 3.63) is 24.3 Å². The Balaban J connectivity index is 1.91. The van der Waals surface area contributed by atoms with Crippen LogP contribution in [0.1, 0.15) is 0 Å². The van der Waals surface area contributed by atoms with Gasteiger partial charge in [-0.15, -0.1) is 10.2 Å². The summed E-state index contributed by atoms with van der Waals surface area (Å²) in [5.41, 5.74) is 0.537. The average molecular weight is 289 g/mol. The van der Waals surface area contributed by atoms with Gasteiger partial charge in [0.1, 0.15) is 5.75 Å². The number of thioether (sulfide) groups is 1. The topological polar surface area (TPSA) is 46.3 Å². The Hall–Kier alpha value is -1.57. The van der Waals surface area contributed by atoms with Crippen molar-refractivity contribution in [3.63, 3.8) is 0 Å². The fraction of sp³-hybridized carbons (Fsp3) is 0.364. The molecule has 0 bridgehead atoms. The monoisotopic (exact) mass is 289 g/mol. The van der Waals surface area contributed by atoms with Gasteiger partial charge < -0.3 is 4.74 Å². The van der Waals surface area contributed by atoms with Crippen molar-refractivity contribution in [2.45, 2.75) is 6.18 Å². The lowest BCUT2D eigenvalue weighted by Gasteiger charge is -2.08. The van der Waals surface area contributed by atoms with Crippen LogP contribution in [0.3, 0.4) is 0 Å². The van der Waals surface area contributed by atoms with Gasteiger partial charge in [0, 0.05) is 5.75 Å². The van der Waals surface area contributed by atoms with E-state index >= 15 is 0 Å². The Bertz CT molecular complexity index is 485. The minimum Gasteiger partial charge on any atom is -0.484 e. The molecule has 1 heterocycles. The van der Waals surface area contributed by atoms with Crippen LogP contribution in [0.4, 0.5) is 18.9 Å². The summed E-state index contributed by atoms with van der Waals surface area (Å²) in [4.78, 5) is 4.09. The zero-order valence-electron chi connectivity index (χ0n) is 9.72. The molecule has 0 spiro atoms. The quantitative estimate of drug-likeness (QED) is 0.794. The number of rotatable bonds is 3. The van der Waals surface area contributed by atoms with Gasteiger partial charge in [-0.05, 0) is 24.3 Å². The molecule has 2 rings (SSSR count). The number of halogens is 3. The number of aliphatic imine (C=N–C) groups is 1. The molecule has 102 valence electrons. The second-order valence-electron chi connectivity index (χ2n) is 3.61. The first-order chi connectivity index (χ1) is 9.03. The largest absolute Gasteiger partial charge is 0.484 e. The van der Waals surface area contributed by atoms with Crippen molar-refractivity contribution in [1.82, 2.24) is 0 Å². The molecule has 0 amide bonds. The SMILES string of the molecule is FC(F)(F)COc1ccc(N=NC2=NCCS2)cc1. The third-order valence-electron chi connectivity index (χ3n) is 2.06. The highest BCUT2D eigenvalue weighted by atomic mass is 32.2. The minimum atomic E-state index is -4.34. The van der Waals surface area contributed by atoms with Crippen LogP contribution in [0.25, 0.3) is 0 Å². The van der Waals surface area contributed by atoms with Gasteiger partial charge in [-0.3, -0.25) is 4.99 Å². The number of azo groups is 1. The van der Waals surface area contributed by atoms with E-state index in [2.05, 4.69) is 20.0 Å². The molecular weight excluding hydrogens is 279 g/mol. The van der Waals surface area contributed by atoms with Crippen LogP contribution in [0, 0.1) is 0 Å². The lowest BCUT2D eigenvalue weighted by Crippen LogP contribution is -2.19. The van der Waals surface area contributed by atoms with Crippen molar-refractivity contribution in [1.29, 1.82) is 0 Å². The minimum absolute atomic E-state index is 0.142. The molecule has 1 aliphatic rings. The van der Waals surface area contributed by atoms with E-state index in [0.717, 1.165) is 12.3 Å². The predicted molar refractivity (Wildman–Crippen MR) is 67.3 cm³/mol. The molecule has 4 nitrogen and oxygen atoms in total. The number of nitrogens with zero attached hydrogens (tertiary/aromatic N) is 3. The zero-order valence-corrected chi connectivity index (χ0v) is 10.5. The van der Waals surface area contributed by atoms with Crippen LogP contribution in [-0.2, 0) is 0 Å². The number of hydrogen-bond donors (Lipinski definition) is 0. The lowest BCUT2D eigenvalue weighted by molar-refractivity contribution is -0.153. The summed E-state index contributed by atoms with van der Waals surface area (Å²) in [6.45, 7) is -0.565. The second-order valence-corrected chi connectivity index (χ2v) is 4.67. The van der Waals surface area contributed by atoms with Gasteiger partial charge in [-0.2, -0.15) is 13.2 Å². The molecule has 0 fully saturated rings. The molecule has 0 saturated carbocycles. The maximum absolute atomic E-state index is 11.9. The third-order valence-corrected chi connectivity index (χ3v) is 2.92.